The minimum Gasteiger partial charge on any atom is -0.497 e. The number of anilines is 1. The van der Waals surface area contributed by atoms with Crippen molar-refractivity contribution in [1.29, 1.82) is 0 Å². The van der Waals surface area contributed by atoms with E-state index in [1.165, 1.54) is 5.56 Å². The van der Waals surface area contributed by atoms with Gasteiger partial charge in [-0.25, -0.2) is 0 Å². The van der Waals surface area contributed by atoms with E-state index in [0.29, 0.717) is 0 Å². The van der Waals surface area contributed by atoms with Gasteiger partial charge in [0.1, 0.15) is 11.4 Å². The highest BCUT2D eigenvalue weighted by atomic mass is 16.5. The normalized spacial score (nSPS) is 13.3. The Morgan fingerprint density at radius 2 is 2.12 bits per heavy atom. The molecule has 3 rings (SSSR count). The van der Waals surface area contributed by atoms with Crippen LogP contribution in [-0.2, 0) is 6.42 Å². The Morgan fingerprint density at radius 3 is 2.88 bits per heavy atom. The van der Waals surface area contributed by atoms with E-state index in [0.717, 1.165) is 35.9 Å². The number of rotatable bonds is 2. The van der Waals surface area contributed by atoms with Gasteiger partial charge in [0, 0.05) is 17.7 Å². The molecule has 16 heavy (non-hydrogen) atoms. The van der Waals surface area contributed by atoms with E-state index in [9.17, 15) is 0 Å². The number of ether oxygens (including phenoxy) is 1. The predicted molar refractivity (Wildman–Crippen MR) is 60.7 cm³/mol. The molecule has 0 saturated heterocycles. The third kappa shape index (κ3) is 1.34. The molecule has 1 aromatic carbocycles. The average Bonchev–Trinajstić information content (AvgIpc) is 2.91. The number of nitrogens with one attached hydrogen (secondary N) is 1. The quantitative estimate of drug-likeness (QED) is 0.836. The lowest BCUT2D eigenvalue weighted by Gasteiger charge is -2.01. The molecule has 82 valence electrons. The third-order valence-electron chi connectivity index (χ3n) is 2.81. The second-order valence-electron chi connectivity index (χ2n) is 3.74. The largest absolute Gasteiger partial charge is 0.497 e. The van der Waals surface area contributed by atoms with Crippen molar-refractivity contribution in [3.05, 3.63) is 29.8 Å². The smallest absolute Gasteiger partial charge is 0.228 e. The maximum atomic E-state index is 5.23. The fraction of sp³-hybridized carbons (Fsp3) is 0.250. The fourth-order valence-corrected chi connectivity index (χ4v) is 1.96. The molecule has 0 fully saturated rings. The van der Waals surface area contributed by atoms with Gasteiger partial charge in [0.2, 0.25) is 5.88 Å². The number of hydrogen-bond acceptors (Lipinski definition) is 4. The van der Waals surface area contributed by atoms with Crippen LogP contribution in [-0.4, -0.2) is 18.8 Å². The molecule has 0 saturated carbocycles. The van der Waals surface area contributed by atoms with Crippen molar-refractivity contribution in [2.24, 2.45) is 0 Å². The van der Waals surface area contributed by atoms with Gasteiger partial charge in [-0.05, 0) is 30.7 Å². The molecule has 1 N–H and O–H groups in total. The first-order chi connectivity index (χ1) is 7.88. The van der Waals surface area contributed by atoms with E-state index in [4.69, 9.17) is 9.26 Å². The van der Waals surface area contributed by atoms with E-state index >= 15 is 0 Å². The Morgan fingerprint density at radius 1 is 1.31 bits per heavy atom. The van der Waals surface area contributed by atoms with Crippen molar-refractivity contribution in [2.45, 2.75) is 6.42 Å². The van der Waals surface area contributed by atoms with Gasteiger partial charge >= 0.3 is 0 Å². The van der Waals surface area contributed by atoms with Crippen molar-refractivity contribution < 1.29 is 9.26 Å². The molecule has 0 aliphatic carbocycles. The van der Waals surface area contributed by atoms with Crippen LogP contribution in [0.15, 0.2) is 28.8 Å². The van der Waals surface area contributed by atoms with Crippen LogP contribution >= 0.6 is 0 Å². The summed E-state index contributed by atoms with van der Waals surface area (Å²) in [5.41, 5.74) is 3.17. The summed E-state index contributed by atoms with van der Waals surface area (Å²) in [4.78, 5) is 0. The van der Waals surface area contributed by atoms with Gasteiger partial charge in [-0.1, -0.05) is 5.16 Å². The number of aromatic nitrogens is 1. The minimum absolute atomic E-state index is 0.811. The maximum absolute atomic E-state index is 5.23. The Hall–Kier alpha value is -1.97. The minimum atomic E-state index is 0.811. The average molecular weight is 216 g/mol. The molecule has 0 spiro atoms. The highest BCUT2D eigenvalue weighted by Gasteiger charge is 2.21. The van der Waals surface area contributed by atoms with Gasteiger partial charge in [0.15, 0.2) is 0 Å². The first-order valence-corrected chi connectivity index (χ1v) is 5.25. The number of nitrogens with zero attached hydrogens (tertiary/aromatic N) is 1. The van der Waals surface area contributed by atoms with Gasteiger partial charge in [-0.3, -0.25) is 0 Å². The molecule has 1 aliphatic heterocycles. The molecular weight excluding hydrogens is 204 g/mol. The van der Waals surface area contributed by atoms with Crippen LogP contribution in [0.2, 0.25) is 0 Å². The topological polar surface area (TPSA) is 47.3 Å². The zero-order valence-corrected chi connectivity index (χ0v) is 8.99. The number of hydrogen-bond donors (Lipinski definition) is 1. The molecule has 0 bridgehead atoms. The molecule has 2 heterocycles. The number of fused-ring (bicyclic) bond motifs is 1. The van der Waals surface area contributed by atoms with Gasteiger partial charge < -0.3 is 14.6 Å². The zero-order chi connectivity index (χ0) is 11.0. The first kappa shape index (κ1) is 9.27. The van der Waals surface area contributed by atoms with Gasteiger partial charge in [0.25, 0.3) is 0 Å². The molecule has 4 nitrogen and oxygen atoms in total. The molecule has 0 atom stereocenters. The SMILES string of the molecule is COc1ccc(-c2noc3c2CCN3)cc1. The van der Waals surface area contributed by atoms with Crippen LogP contribution in [0.4, 0.5) is 5.88 Å². The van der Waals surface area contributed by atoms with Gasteiger partial charge in [0.05, 0.1) is 7.11 Å². The summed E-state index contributed by atoms with van der Waals surface area (Å²) in [6, 6.07) is 7.85. The number of benzene rings is 1. The maximum Gasteiger partial charge on any atom is 0.228 e. The summed E-state index contributed by atoms with van der Waals surface area (Å²) < 4.78 is 10.3. The molecular formula is C12H12N2O2. The highest BCUT2D eigenvalue weighted by molar-refractivity contribution is 5.69. The summed E-state index contributed by atoms with van der Waals surface area (Å²) in [5.74, 6) is 1.66. The Balaban J connectivity index is 2.01. The summed E-state index contributed by atoms with van der Waals surface area (Å²) in [7, 11) is 1.66. The Labute approximate surface area is 93.2 Å². The van der Waals surface area contributed by atoms with Crippen LogP contribution in [0.3, 0.4) is 0 Å². The standard InChI is InChI=1S/C12H12N2O2/c1-15-9-4-2-8(3-5-9)11-10-6-7-13-12(10)16-14-11/h2-5,13H,6-7H2,1H3. The van der Waals surface area contributed by atoms with E-state index in [2.05, 4.69) is 10.5 Å². The molecule has 0 radical (unpaired) electrons. The molecule has 1 aromatic heterocycles. The van der Waals surface area contributed by atoms with Crippen LogP contribution in [0.5, 0.6) is 5.75 Å². The second kappa shape index (κ2) is 3.56. The fourth-order valence-electron chi connectivity index (χ4n) is 1.96. The molecule has 0 unspecified atom stereocenters. The van der Waals surface area contributed by atoms with Crippen LogP contribution < -0.4 is 10.1 Å². The summed E-state index contributed by atoms with van der Waals surface area (Å²) in [5, 5.41) is 7.24. The molecule has 4 heteroatoms. The lowest BCUT2D eigenvalue weighted by molar-refractivity contribution is 0.415. The van der Waals surface area contributed by atoms with Crippen molar-refractivity contribution in [1.82, 2.24) is 5.16 Å². The highest BCUT2D eigenvalue weighted by Crippen LogP contribution is 2.32. The van der Waals surface area contributed by atoms with Crippen LogP contribution in [0, 0.1) is 0 Å². The summed E-state index contributed by atoms with van der Waals surface area (Å²) in [6.45, 7) is 0.930. The van der Waals surface area contributed by atoms with Gasteiger partial charge in [-0.2, -0.15) is 0 Å². The molecule has 1 aliphatic rings. The summed E-state index contributed by atoms with van der Waals surface area (Å²) >= 11 is 0. The van der Waals surface area contributed by atoms with Crippen LogP contribution in [0.25, 0.3) is 11.3 Å². The van der Waals surface area contributed by atoms with Crippen molar-refractivity contribution in [3.63, 3.8) is 0 Å². The third-order valence-corrected chi connectivity index (χ3v) is 2.81. The van der Waals surface area contributed by atoms with Crippen molar-refractivity contribution in [2.75, 3.05) is 19.0 Å². The van der Waals surface area contributed by atoms with E-state index < -0.39 is 0 Å². The molecule has 0 amide bonds. The Bertz CT molecular complexity index is 502. The van der Waals surface area contributed by atoms with E-state index in [-0.39, 0.29) is 0 Å². The van der Waals surface area contributed by atoms with Gasteiger partial charge in [-0.15, -0.1) is 0 Å². The zero-order valence-electron chi connectivity index (χ0n) is 8.99. The first-order valence-electron chi connectivity index (χ1n) is 5.25. The van der Waals surface area contributed by atoms with E-state index in [1.807, 2.05) is 24.3 Å². The lowest BCUT2D eigenvalue weighted by atomic mass is 10.1. The second-order valence-corrected chi connectivity index (χ2v) is 3.74. The van der Waals surface area contributed by atoms with Crippen molar-refractivity contribution >= 4 is 5.88 Å². The predicted octanol–water partition coefficient (Wildman–Crippen LogP) is 2.32. The Kier molecular flexibility index (Phi) is 2.06. The number of methoxy groups -OCH3 is 1. The molecule has 2 aromatic rings. The van der Waals surface area contributed by atoms with Crippen LogP contribution in [0.1, 0.15) is 5.56 Å². The monoisotopic (exact) mass is 216 g/mol. The lowest BCUT2D eigenvalue weighted by Crippen LogP contribution is -1.92. The van der Waals surface area contributed by atoms with Crippen molar-refractivity contribution in [3.8, 4) is 17.0 Å². The summed E-state index contributed by atoms with van der Waals surface area (Å²) in [6.07, 6.45) is 0.972. The van der Waals surface area contributed by atoms with E-state index in [1.54, 1.807) is 7.11 Å².